The van der Waals surface area contributed by atoms with Gasteiger partial charge in [0.05, 0.1) is 34.2 Å². The normalized spacial score (nSPS) is 19.5. The van der Waals surface area contributed by atoms with Crippen molar-refractivity contribution >= 4 is 40.3 Å². The molecule has 0 spiro atoms. The number of nitrogens with zero attached hydrogens (tertiary/aromatic N) is 3. The van der Waals surface area contributed by atoms with Gasteiger partial charge >= 0.3 is 0 Å². The highest BCUT2D eigenvalue weighted by atomic mass is 16.3. The molecule has 1 aliphatic heterocycles. The minimum Gasteiger partial charge on any atom is -0.506 e. The van der Waals surface area contributed by atoms with E-state index in [0.717, 1.165) is 25.2 Å². The minimum absolute atomic E-state index is 0.0462. The molecule has 3 aliphatic rings. The summed E-state index contributed by atoms with van der Waals surface area (Å²) in [6.45, 7) is 19.5. The second-order valence-electron chi connectivity index (χ2n) is 14.3. The second kappa shape index (κ2) is 13.3. The Morgan fingerprint density at radius 2 is 1.64 bits per heavy atom. The molecule has 1 fully saturated rings. The van der Waals surface area contributed by atoms with Gasteiger partial charge in [-0.1, -0.05) is 74.1 Å². The molecule has 1 aromatic carbocycles. The van der Waals surface area contributed by atoms with Crippen molar-refractivity contribution in [1.82, 2.24) is 5.01 Å². The summed E-state index contributed by atoms with van der Waals surface area (Å²) in [5.74, 6) is -0.191. The highest BCUT2D eigenvalue weighted by Gasteiger charge is 2.46. The number of amides is 2. The molecule has 2 amide bonds. The van der Waals surface area contributed by atoms with Crippen LogP contribution in [0.3, 0.4) is 0 Å². The number of Topliss-reactive ketones (excluding diaryl/α,β-unsaturated/α-hetero) is 1. The molecule has 0 bridgehead atoms. The Labute approximate surface area is 263 Å². The van der Waals surface area contributed by atoms with Crippen molar-refractivity contribution in [2.24, 2.45) is 28.3 Å². The Morgan fingerprint density at radius 1 is 1.02 bits per heavy atom. The van der Waals surface area contributed by atoms with E-state index in [1.54, 1.807) is 11.1 Å². The smallest absolute Gasteiger partial charge is 0.277 e. The molecule has 0 radical (unpaired) electrons. The summed E-state index contributed by atoms with van der Waals surface area (Å²) >= 11 is 0. The molecule has 0 atom stereocenters. The first-order valence-electron chi connectivity index (χ1n) is 16.6. The molecule has 8 nitrogen and oxygen atoms in total. The van der Waals surface area contributed by atoms with Crippen LogP contribution in [0.5, 0.6) is 0 Å². The summed E-state index contributed by atoms with van der Waals surface area (Å²) < 4.78 is 0. The fourth-order valence-corrected chi connectivity index (χ4v) is 6.90. The number of aliphatic hydroxyl groups excluding tert-OH is 1. The number of rotatable bonds is 11. The van der Waals surface area contributed by atoms with E-state index in [1.807, 2.05) is 32.9 Å². The molecule has 1 heterocycles. The van der Waals surface area contributed by atoms with E-state index in [0.29, 0.717) is 29.3 Å². The second-order valence-corrected chi connectivity index (χ2v) is 14.3. The Morgan fingerprint density at radius 3 is 2.16 bits per heavy atom. The van der Waals surface area contributed by atoms with E-state index < -0.39 is 11.2 Å². The number of hydrogen-bond acceptors (Lipinski definition) is 6. The Kier molecular flexibility index (Phi) is 10.1. The minimum atomic E-state index is -0.663. The molecule has 1 saturated carbocycles. The standard InChI is InChI=1S/C36H52N4O4/c1-10-39(11-2)24-17-18-25(27(20-24)37-35(44)36(7,8)9)28-32(41)30(33(28)42)29-26(19-16-23-14-12-13-15-23)38-40(34(29)43)31(21(3)4)22(5)6/h17-18,20-23,31,41H,10-16,19H2,1-9H3,(H,37,44)/b30-29-. The summed E-state index contributed by atoms with van der Waals surface area (Å²) in [6.07, 6.45) is 6.31. The fourth-order valence-electron chi connectivity index (χ4n) is 6.90. The number of hydrogen-bond donors (Lipinski definition) is 2. The Bertz CT molecular complexity index is 1380. The number of carbonyl (C=O) groups is 3. The first-order chi connectivity index (χ1) is 20.7. The van der Waals surface area contributed by atoms with E-state index in [9.17, 15) is 19.5 Å². The number of anilines is 2. The summed E-state index contributed by atoms with van der Waals surface area (Å²) in [5, 5.41) is 21.0. The quantitative estimate of drug-likeness (QED) is 0.255. The first-order valence-corrected chi connectivity index (χ1v) is 16.6. The summed E-state index contributed by atoms with van der Waals surface area (Å²) in [6, 6.07) is 5.41. The average Bonchev–Trinajstić information content (AvgIpc) is 3.57. The van der Waals surface area contributed by atoms with E-state index >= 15 is 0 Å². The Balaban J connectivity index is 1.81. The lowest BCUT2D eigenvalue weighted by atomic mass is 9.78. The van der Waals surface area contributed by atoms with Crippen LogP contribution in [0.25, 0.3) is 5.57 Å². The van der Waals surface area contributed by atoms with Gasteiger partial charge in [-0.3, -0.25) is 14.4 Å². The van der Waals surface area contributed by atoms with Crippen molar-refractivity contribution in [1.29, 1.82) is 0 Å². The van der Waals surface area contributed by atoms with Crippen molar-refractivity contribution in [3.05, 3.63) is 40.7 Å². The molecule has 240 valence electrons. The van der Waals surface area contributed by atoms with Crippen molar-refractivity contribution in [3.8, 4) is 0 Å². The zero-order chi connectivity index (χ0) is 32.5. The summed E-state index contributed by atoms with van der Waals surface area (Å²) in [5.41, 5.74) is 2.15. The maximum absolute atomic E-state index is 14.0. The number of allylic oxidation sites excluding steroid dienone is 2. The highest BCUT2D eigenvalue weighted by molar-refractivity contribution is 6.44. The van der Waals surface area contributed by atoms with E-state index in [4.69, 9.17) is 5.10 Å². The molecular formula is C36H52N4O4. The van der Waals surface area contributed by atoms with Gasteiger partial charge in [-0.25, -0.2) is 5.01 Å². The monoisotopic (exact) mass is 604 g/mol. The van der Waals surface area contributed by atoms with Gasteiger partial charge in [-0.2, -0.15) is 5.10 Å². The maximum Gasteiger partial charge on any atom is 0.277 e. The van der Waals surface area contributed by atoms with E-state index in [2.05, 4.69) is 51.8 Å². The average molecular weight is 605 g/mol. The fraction of sp³-hybridized carbons (Fsp3) is 0.611. The summed E-state index contributed by atoms with van der Waals surface area (Å²) in [4.78, 5) is 43.3. The van der Waals surface area contributed by atoms with Crippen molar-refractivity contribution in [2.45, 2.75) is 107 Å². The van der Waals surface area contributed by atoms with Crippen LogP contribution in [0.15, 0.2) is 40.2 Å². The lowest BCUT2D eigenvalue weighted by Gasteiger charge is -2.31. The molecule has 0 unspecified atom stereocenters. The van der Waals surface area contributed by atoms with Gasteiger partial charge in [-0.05, 0) is 62.6 Å². The molecule has 2 aliphatic carbocycles. The predicted octanol–water partition coefficient (Wildman–Crippen LogP) is 7.52. The van der Waals surface area contributed by atoms with Crippen LogP contribution in [0, 0.1) is 23.2 Å². The number of benzene rings is 1. The first kappa shape index (κ1) is 33.5. The van der Waals surface area contributed by atoms with Crippen molar-refractivity contribution in [2.75, 3.05) is 23.3 Å². The molecule has 4 rings (SSSR count). The number of carbonyl (C=O) groups excluding carboxylic acids is 3. The number of hydrazone groups is 1. The summed E-state index contributed by atoms with van der Waals surface area (Å²) in [7, 11) is 0. The molecule has 1 aromatic rings. The zero-order valence-corrected chi connectivity index (χ0v) is 28.2. The van der Waals surface area contributed by atoms with Crippen molar-refractivity contribution in [3.63, 3.8) is 0 Å². The van der Waals surface area contributed by atoms with Crippen LogP contribution >= 0.6 is 0 Å². The topological polar surface area (TPSA) is 102 Å². The van der Waals surface area contributed by atoms with Crippen LogP contribution in [0.1, 0.15) is 106 Å². The number of ketones is 1. The highest BCUT2D eigenvalue weighted by Crippen LogP contribution is 2.44. The lowest BCUT2D eigenvalue weighted by molar-refractivity contribution is -0.130. The van der Waals surface area contributed by atoms with Crippen molar-refractivity contribution < 1.29 is 19.5 Å². The van der Waals surface area contributed by atoms with Crippen LogP contribution in [0.4, 0.5) is 11.4 Å². The molecule has 44 heavy (non-hydrogen) atoms. The van der Waals surface area contributed by atoms with Gasteiger partial charge in [0.2, 0.25) is 11.7 Å². The lowest BCUT2D eigenvalue weighted by Crippen LogP contribution is -2.41. The van der Waals surface area contributed by atoms with Gasteiger partial charge in [0, 0.05) is 29.8 Å². The Hall–Kier alpha value is -3.42. The number of aliphatic hydroxyl groups is 1. The van der Waals surface area contributed by atoms with Crippen LogP contribution in [-0.4, -0.2) is 52.6 Å². The predicted molar refractivity (Wildman–Crippen MR) is 179 cm³/mol. The SMILES string of the molecule is CCN(CC)c1ccc(C2=C(O)/C(=C3/C(=O)N(C(C(C)C)C(C)C)N=C3CCC3CCCC3)C2=O)c(NC(=O)C(C)(C)C)c1. The van der Waals surface area contributed by atoms with Gasteiger partial charge < -0.3 is 15.3 Å². The third kappa shape index (κ3) is 6.50. The zero-order valence-electron chi connectivity index (χ0n) is 28.2. The van der Waals surface area contributed by atoms with Gasteiger partial charge in [0.1, 0.15) is 5.76 Å². The van der Waals surface area contributed by atoms with Crippen LogP contribution in [-0.2, 0) is 14.4 Å². The molecule has 0 aromatic heterocycles. The van der Waals surface area contributed by atoms with Crippen LogP contribution in [0.2, 0.25) is 0 Å². The van der Waals surface area contributed by atoms with E-state index in [1.165, 1.54) is 25.7 Å². The van der Waals surface area contributed by atoms with Gasteiger partial charge in [-0.15, -0.1) is 0 Å². The van der Waals surface area contributed by atoms with Gasteiger partial charge in [0.25, 0.3) is 5.91 Å². The third-order valence-electron chi connectivity index (χ3n) is 9.36. The van der Waals surface area contributed by atoms with E-state index in [-0.39, 0.29) is 52.2 Å². The maximum atomic E-state index is 14.0. The molecule has 0 saturated heterocycles. The number of nitrogens with one attached hydrogen (secondary N) is 1. The molecular weight excluding hydrogens is 552 g/mol. The molecule has 2 N–H and O–H groups in total. The molecule has 8 heteroatoms. The van der Waals surface area contributed by atoms with Gasteiger partial charge in [0.15, 0.2) is 0 Å². The van der Waals surface area contributed by atoms with Crippen LogP contribution < -0.4 is 10.2 Å². The third-order valence-corrected chi connectivity index (χ3v) is 9.36. The largest absolute Gasteiger partial charge is 0.506 e.